The van der Waals surface area contributed by atoms with E-state index >= 15 is 0 Å². The van der Waals surface area contributed by atoms with Crippen molar-refractivity contribution in [1.82, 2.24) is 15.1 Å². The zero-order valence-electron chi connectivity index (χ0n) is 20.0. The van der Waals surface area contributed by atoms with E-state index < -0.39 is 11.8 Å². The van der Waals surface area contributed by atoms with Crippen molar-refractivity contribution in [2.75, 3.05) is 12.0 Å². The van der Waals surface area contributed by atoms with Crippen molar-refractivity contribution in [3.63, 3.8) is 0 Å². The lowest BCUT2D eigenvalue weighted by Gasteiger charge is -2.29. The predicted molar refractivity (Wildman–Crippen MR) is 144 cm³/mol. The number of hydrogen-bond acceptors (Lipinski definition) is 6. The Morgan fingerprint density at radius 1 is 0.865 bits per heavy atom. The average Bonchev–Trinajstić information content (AvgIpc) is 3.27. The Morgan fingerprint density at radius 3 is 2.16 bits per heavy atom. The molecular formula is C28H22N4O4S. The topological polar surface area (TPSA) is 85.7 Å². The zero-order valence-corrected chi connectivity index (χ0v) is 20.9. The second-order valence-electron chi connectivity index (χ2n) is 8.16. The molecule has 0 spiro atoms. The third-order valence-electron chi connectivity index (χ3n) is 5.84. The third kappa shape index (κ3) is 4.85. The molecule has 1 aliphatic rings. The summed E-state index contributed by atoms with van der Waals surface area (Å²) in [6.45, 7) is 1.86. The molecule has 0 saturated carbocycles. The van der Waals surface area contributed by atoms with Gasteiger partial charge in [-0.2, -0.15) is 5.10 Å². The summed E-state index contributed by atoms with van der Waals surface area (Å²) in [6, 6.07) is 23.7. The zero-order chi connectivity index (χ0) is 25.9. The quantitative estimate of drug-likeness (QED) is 0.228. The van der Waals surface area contributed by atoms with Crippen LogP contribution < -0.4 is 19.7 Å². The van der Waals surface area contributed by atoms with Gasteiger partial charge >= 0.3 is 0 Å². The van der Waals surface area contributed by atoms with Crippen LogP contribution in [0.1, 0.15) is 11.3 Å². The van der Waals surface area contributed by atoms with Crippen LogP contribution in [0, 0.1) is 6.92 Å². The molecule has 0 atom stereocenters. The van der Waals surface area contributed by atoms with E-state index in [2.05, 4.69) is 10.4 Å². The Morgan fingerprint density at radius 2 is 1.49 bits per heavy atom. The molecular weight excluding hydrogens is 488 g/mol. The van der Waals surface area contributed by atoms with Gasteiger partial charge in [0.2, 0.25) is 0 Å². The van der Waals surface area contributed by atoms with Gasteiger partial charge in [-0.25, -0.2) is 4.68 Å². The van der Waals surface area contributed by atoms with Crippen LogP contribution in [0.3, 0.4) is 0 Å². The van der Waals surface area contributed by atoms with Gasteiger partial charge in [0.15, 0.2) is 5.11 Å². The number of para-hydroxylation sites is 1. The Bertz CT molecular complexity index is 1510. The van der Waals surface area contributed by atoms with Crippen molar-refractivity contribution in [3.8, 4) is 22.9 Å². The SMILES string of the molecule is COc1ccc(-n2ncc(/C=C3/C(=O)NC(=S)N(c4ccc(Oc5ccccc5)cc4)C3=O)c2C)cc1. The van der Waals surface area contributed by atoms with Crippen LogP contribution in [0.25, 0.3) is 11.8 Å². The van der Waals surface area contributed by atoms with Crippen LogP contribution in [-0.4, -0.2) is 33.8 Å². The molecule has 1 fully saturated rings. The van der Waals surface area contributed by atoms with Gasteiger partial charge < -0.3 is 9.47 Å². The number of amides is 2. The van der Waals surface area contributed by atoms with Gasteiger partial charge in [-0.1, -0.05) is 18.2 Å². The molecule has 2 amide bonds. The van der Waals surface area contributed by atoms with Crippen LogP contribution in [0.15, 0.2) is 90.6 Å². The summed E-state index contributed by atoms with van der Waals surface area (Å²) in [5.41, 5.74) is 2.68. The first-order valence-corrected chi connectivity index (χ1v) is 11.8. The van der Waals surface area contributed by atoms with Crippen molar-refractivity contribution in [3.05, 3.63) is 102 Å². The highest BCUT2D eigenvalue weighted by Crippen LogP contribution is 2.27. The fourth-order valence-electron chi connectivity index (χ4n) is 3.88. The maximum Gasteiger partial charge on any atom is 0.270 e. The highest BCUT2D eigenvalue weighted by Gasteiger charge is 2.34. The van der Waals surface area contributed by atoms with Gasteiger partial charge in [0.1, 0.15) is 22.8 Å². The van der Waals surface area contributed by atoms with Crippen molar-refractivity contribution < 1.29 is 19.1 Å². The smallest absolute Gasteiger partial charge is 0.270 e. The van der Waals surface area contributed by atoms with Crippen LogP contribution in [0.2, 0.25) is 0 Å². The minimum absolute atomic E-state index is 0.00882. The van der Waals surface area contributed by atoms with E-state index in [9.17, 15) is 9.59 Å². The van der Waals surface area contributed by atoms with Crippen LogP contribution >= 0.6 is 12.2 Å². The minimum Gasteiger partial charge on any atom is -0.497 e. The summed E-state index contributed by atoms with van der Waals surface area (Å²) in [7, 11) is 1.60. The molecule has 5 rings (SSSR count). The first-order chi connectivity index (χ1) is 17.9. The van der Waals surface area contributed by atoms with Gasteiger partial charge in [-0.15, -0.1) is 0 Å². The number of aromatic nitrogens is 2. The van der Waals surface area contributed by atoms with Crippen molar-refractivity contribution in [2.45, 2.75) is 6.92 Å². The Labute approximate surface area is 218 Å². The fraction of sp³-hybridized carbons (Fsp3) is 0.0714. The molecule has 1 N–H and O–H groups in total. The van der Waals surface area contributed by atoms with E-state index in [1.165, 1.54) is 11.0 Å². The molecule has 4 aromatic rings. The van der Waals surface area contributed by atoms with Crippen LogP contribution in [0.5, 0.6) is 17.2 Å². The molecule has 1 aromatic heterocycles. The number of carbonyl (C=O) groups is 2. The second kappa shape index (κ2) is 10.1. The van der Waals surface area contributed by atoms with Gasteiger partial charge in [0, 0.05) is 11.3 Å². The summed E-state index contributed by atoms with van der Waals surface area (Å²) in [4.78, 5) is 27.4. The van der Waals surface area contributed by atoms with Crippen molar-refractivity contribution in [2.24, 2.45) is 0 Å². The van der Waals surface area contributed by atoms with E-state index in [4.69, 9.17) is 21.7 Å². The summed E-state index contributed by atoms with van der Waals surface area (Å²) < 4.78 is 12.8. The van der Waals surface area contributed by atoms with Crippen LogP contribution in [0.4, 0.5) is 5.69 Å². The van der Waals surface area contributed by atoms with Crippen LogP contribution in [-0.2, 0) is 9.59 Å². The molecule has 8 nitrogen and oxygen atoms in total. The minimum atomic E-state index is -0.563. The van der Waals surface area contributed by atoms with Gasteiger partial charge in [0.05, 0.1) is 24.7 Å². The van der Waals surface area contributed by atoms with Gasteiger partial charge in [-0.05, 0) is 85.9 Å². The average molecular weight is 511 g/mol. The number of rotatable bonds is 6. The molecule has 0 bridgehead atoms. The summed E-state index contributed by atoms with van der Waals surface area (Å²) in [6.07, 6.45) is 3.14. The van der Waals surface area contributed by atoms with E-state index in [0.717, 1.165) is 17.1 Å². The number of nitrogens with one attached hydrogen (secondary N) is 1. The van der Waals surface area contributed by atoms with E-state index in [0.29, 0.717) is 22.7 Å². The number of anilines is 1. The van der Waals surface area contributed by atoms with Gasteiger partial charge in [0.25, 0.3) is 11.8 Å². The number of methoxy groups -OCH3 is 1. The molecule has 184 valence electrons. The number of ether oxygens (including phenoxy) is 2. The number of hydrogen-bond donors (Lipinski definition) is 1. The fourth-order valence-corrected chi connectivity index (χ4v) is 4.16. The van der Waals surface area contributed by atoms with Gasteiger partial charge in [-0.3, -0.25) is 19.8 Å². The number of nitrogens with zero attached hydrogens (tertiary/aromatic N) is 3. The molecule has 1 aliphatic heterocycles. The molecule has 0 radical (unpaired) electrons. The monoisotopic (exact) mass is 510 g/mol. The normalized spacial score (nSPS) is 14.6. The standard InChI is InChI=1S/C28H22N4O4S/c1-18-19(17-29-32(18)21-10-12-22(35-2)13-11-21)16-25-26(33)30-28(37)31(27(25)34)20-8-14-24(15-9-20)36-23-6-4-3-5-7-23/h3-17H,1-2H3,(H,30,33,37)/b25-16-. The summed E-state index contributed by atoms with van der Waals surface area (Å²) >= 11 is 5.32. The molecule has 9 heteroatoms. The highest BCUT2D eigenvalue weighted by molar-refractivity contribution is 7.80. The molecule has 2 heterocycles. The summed E-state index contributed by atoms with van der Waals surface area (Å²) in [5, 5.41) is 7.05. The van der Waals surface area contributed by atoms with Crippen molar-refractivity contribution in [1.29, 1.82) is 0 Å². The predicted octanol–water partition coefficient (Wildman–Crippen LogP) is 4.81. The lowest BCUT2D eigenvalue weighted by Crippen LogP contribution is -2.54. The molecule has 3 aromatic carbocycles. The highest BCUT2D eigenvalue weighted by atomic mass is 32.1. The Kier molecular flexibility index (Phi) is 6.53. The van der Waals surface area contributed by atoms with Crippen molar-refractivity contribution >= 4 is 40.9 Å². The Balaban J connectivity index is 1.41. The second-order valence-corrected chi connectivity index (χ2v) is 8.55. The lowest BCUT2D eigenvalue weighted by molar-refractivity contribution is -0.122. The largest absolute Gasteiger partial charge is 0.497 e. The number of carbonyl (C=O) groups excluding carboxylic acids is 2. The maximum atomic E-state index is 13.4. The molecule has 1 saturated heterocycles. The molecule has 0 aliphatic carbocycles. The summed E-state index contributed by atoms with van der Waals surface area (Å²) in [5.74, 6) is 0.944. The van der Waals surface area contributed by atoms with E-state index in [-0.39, 0.29) is 10.7 Å². The molecule has 37 heavy (non-hydrogen) atoms. The Hall–Kier alpha value is -4.76. The first-order valence-electron chi connectivity index (χ1n) is 11.4. The molecule has 0 unspecified atom stereocenters. The lowest BCUT2D eigenvalue weighted by atomic mass is 10.1. The third-order valence-corrected chi connectivity index (χ3v) is 6.12. The maximum absolute atomic E-state index is 13.4. The number of benzene rings is 3. The number of thiocarbonyl (C=S) groups is 1. The first kappa shape index (κ1) is 24.0. The van der Waals surface area contributed by atoms with E-state index in [1.54, 1.807) is 42.3 Å². The van der Waals surface area contributed by atoms with E-state index in [1.807, 2.05) is 61.5 Å².